The molecule has 0 saturated carbocycles. The Hall–Kier alpha value is -1.56. The quantitative estimate of drug-likeness (QED) is 0.899. The van der Waals surface area contributed by atoms with Crippen LogP contribution in [0, 0.1) is 0 Å². The molecule has 1 aliphatic rings. The monoisotopic (exact) mass is 281 g/mol. The van der Waals surface area contributed by atoms with Crippen LogP contribution in [0.2, 0.25) is 0 Å². The number of piperidine rings is 1. The van der Waals surface area contributed by atoms with Gasteiger partial charge >= 0.3 is 6.09 Å². The number of rotatable bonds is 2. The number of amides is 1. The highest BCUT2D eigenvalue weighted by atomic mass is 16.6. The molecule has 0 aliphatic carbocycles. The van der Waals surface area contributed by atoms with Crippen LogP contribution >= 0.6 is 0 Å². The molecular weight excluding hydrogens is 258 g/mol. The van der Waals surface area contributed by atoms with E-state index < -0.39 is 5.60 Å². The molecule has 20 heavy (non-hydrogen) atoms. The van der Waals surface area contributed by atoms with Crippen LogP contribution < -0.4 is 5.73 Å². The Kier molecular flexibility index (Phi) is 4.32. The standard InChI is InChI=1S/C14H23N3O3/c1-14(2,3)20-13(18)17-6-4-10(5-7-17)11-9-16-12(8-15)19-11/h9-10H,4-8,15H2,1-3H3. The van der Waals surface area contributed by atoms with E-state index >= 15 is 0 Å². The molecule has 0 atom stereocenters. The first-order chi connectivity index (χ1) is 9.39. The van der Waals surface area contributed by atoms with E-state index in [9.17, 15) is 4.79 Å². The lowest BCUT2D eigenvalue weighted by atomic mass is 9.95. The van der Waals surface area contributed by atoms with Gasteiger partial charge in [0.15, 0.2) is 0 Å². The van der Waals surface area contributed by atoms with Gasteiger partial charge in [0.25, 0.3) is 0 Å². The van der Waals surface area contributed by atoms with Gasteiger partial charge in [-0.25, -0.2) is 9.78 Å². The maximum atomic E-state index is 12.0. The molecular formula is C14H23N3O3. The summed E-state index contributed by atoms with van der Waals surface area (Å²) in [6.07, 6.45) is 3.23. The largest absolute Gasteiger partial charge is 0.444 e. The first-order valence-electron chi connectivity index (χ1n) is 7.01. The molecule has 1 aromatic heterocycles. The normalized spacial score (nSPS) is 17.3. The Morgan fingerprint density at radius 3 is 2.65 bits per heavy atom. The molecule has 1 aromatic rings. The highest BCUT2D eigenvalue weighted by Crippen LogP contribution is 2.29. The highest BCUT2D eigenvalue weighted by Gasteiger charge is 2.28. The summed E-state index contributed by atoms with van der Waals surface area (Å²) in [5.41, 5.74) is 5.04. The fourth-order valence-corrected chi connectivity index (χ4v) is 2.28. The third-order valence-electron chi connectivity index (χ3n) is 3.30. The van der Waals surface area contributed by atoms with Crippen LogP contribution in [0.15, 0.2) is 10.6 Å². The third kappa shape index (κ3) is 3.72. The molecule has 2 heterocycles. The molecule has 0 radical (unpaired) electrons. The van der Waals surface area contributed by atoms with E-state index in [1.165, 1.54) is 0 Å². The minimum absolute atomic E-state index is 0.240. The fraction of sp³-hybridized carbons (Fsp3) is 0.714. The summed E-state index contributed by atoms with van der Waals surface area (Å²) in [6, 6.07) is 0. The Morgan fingerprint density at radius 1 is 1.50 bits per heavy atom. The number of hydrogen-bond acceptors (Lipinski definition) is 5. The summed E-state index contributed by atoms with van der Waals surface area (Å²) in [6.45, 7) is 7.30. The number of carbonyl (C=O) groups excluding carboxylic acids is 1. The van der Waals surface area contributed by atoms with Crippen molar-refractivity contribution < 1.29 is 13.9 Å². The fourth-order valence-electron chi connectivity index (χ4n) is 2.28. The lowest BCUT2D eigenvalue weighted by Gasteiger charge is -2.32. The molecule has 6 nitrogen and oxygen atoms in total. The number of aromatic nitrogens is 1. The maximum absolute atomic E-state index is 12.0. The molecule has 0 unspecified atom stereocenters. The smallest absolute Gasteiger partial charge is 0.410 e. The van der Waals surface area contributed by atoms with E-state index in [1.807, 2.05) is 20.8 Å². The minimum atomic E-state index is -0.450. The van der Waals surface area contributed by atoms with Crippen LogP contribution in [0.3, 0.4) is 0 Å². The molecule has 112 valence electrons. The predicted molar refractivity (Wildman–Crippen MR) is 74.2 cm³/mol. The van der Waals surface area contributed by atoms with Gasteiger partial charge in [0.2, 0.25) is 5.89 Å². The number of hydrogen-bond donors (Lipinski definition) is 1. The van der Waals surface area contributed by atoms with Crippen LogP contribution in [0.5, 0.6) is 0 Å². The topological polar surface area (TPSA) is 81.6 Å². The Bertz CT molecular complexity index is 456. The molecule has 0 bridgehead atoms. The molecule has 0 spiro atoms. The number of likely N-dealkylation sites (tertiary alicyclic amines) is 1. The van der Waals surface area contributed by atoms with E-state index in [4.69, 9.17) is 14.9 Å². The van der Waals surface area contributed by atoms with Crippen molar-refractivity contribution in [3.8, 4) is 0 Å². The molecule has 1 saturated heterocycles. The zero-order valence-electron chi connectivity index (χ0n) is 12.4. The van der Waals surface area contributed by atoms with Crippen LogP contribution in [0.25, 0.3) is 0 Å². The summed E-state index contributed by atoms with van der Waals surface area (Å²) in [7, 11) is 0. The van der Waals surface area contributed by atoms with E-state index in [-0.39, 0.29) is 6.09 Å². The maximum Gasteiger partial charge on any atom is 0.410 e. The van der Waals surface area contributed by atoms with Gasteiger partial charge in [-0.05, 0) is 33.6 Å². The zero-order chi connectivity index (χ0) is 14.8. The predicted octanol–water partition coefficient (Wildman–Crippen LogP) is 2.25. The summed E-state index contributed by atoms with van der Waals surface area (Å²) >= 11 is 0. The van der Waals surface area contributed by atoms with Crippen molar-refractivity contribution in [3.05, 3.63) is 17.8 Å². The zero-order valence-corrected chi connectivity index (χ0v) is 12.4. The van der Waals surface area contributed by atoms with Gasteiger partial charge in [0.1, 0.15) is 11.4 Å². The number of nitrogens with two attached hydrogens (primary N) is 1. The lowest BCUT2D eigenvalue weighted by Crippen LogP contribution is -2.41. The van der Waals surface area contributed by atoms with Gasteiger partial charge in [-0.2, -0.15) is 0 Å². The summed E-state index contributed by atoms with van der Waals surface area (Å²) in [4.78, 5) is 17.8. The Labute approximate surface area is 119 Å². The molecule has 0 aromatic carbocycles. The van der Waals surface area contributed by atoms with Gasteiger partial charge in [0.05, 0.1) is 12.7 Å². The minimum Gasteiger partial charge on any atom is -0.444 e. The van der Waals surface area contributed by atoms with Crippen LogP contribution in [-0.2, 0) is 11.3 Å². The molecule has 6 heteroatoms. The first kappa shape index (κ1) is 14.8. The van der Waals surface area contributed by atoms with Crippen molar-refractivity contribution in [2.24, 2.45) is 5.73 Å². The van der Waals surface area contributed by atoms with Gasteiger partial charge in [-0.15, -0.1) is 0 Å². The molecule has 2 rings (SSSR count). The van der Waals surface area contributed by atoms with Crippen LogP contribution in [0.1, 0.15) is 51.2 Å². The number of carbonyl (C=O) groups is 1. The van der Waals surface area contributed by atoms with Crippen molar-refractivity contribution in [1.29, 1.82) is 0 Å². The van der Waals surface area contributed by atoms with Crippen molar-refractivity contribution in [2.45, 2.75) is 51.7 Å². The van der Waals surface area contributed by atoms with Crippen molar-refractivity contribution in [2.75, 3.05) is 13.1 Å². The van der Waals surface area contributed by atoms with Crippen LogP contribution in [-0.4, -0.2) is 34.7 Å². The molecule has 1 amide bonds. The van der Waals surface area contributed by atoms with Gasteiger partial charge in [-0.3, -0.25) is 0 Å². The van der Waals surface area contributed by atoms with Crippen molar-refractivity contribution in [3.63, 3.8) is 0 Å². The summed E-state index contributed by atoms with van der Waals surface area (Å²) in [5.74, 6) is 1.74. The number of oxazole rings is 1. The highest BCUT2D eigenvalue weighted by molar-refractivity contribution is 5.68. The van der Waals surface area contributed by atoms with E-state index in [2.05, 4.69) is 4.98 Å². The van der Waals surface area contributed by atoms with E-state index in [1.54, 1.807) is 11.1 Å². The second kappa shape index (κ2) is 5.83. The van der Waals surface area contributed by atoms with E-state index in [0.717, 1.165) is 18.6 Å². The number of nitrogens with zero attached hydrogens (tertiary/aromatic N) is 2. The van der Waals surface area contributed by atoms with Gasteiger partial charge < -0.3 is 19.8 Å². The summed E-state index contributed by atoms with van der Waals surface area (Å²) < 4.78 is 11.0. The van der Waals surface area contributed by atoms with Gasteiger partial charge in [-0.1, -0.05) is 0 Å². The second-order valence-corrected chi connectivity index (χ2v) is 6.10. The van der Waals surface area contributed by atoms with Gasteiger partial charge in [0, 0.05) is 19.0 Å². The second-order valence-electron chi connectivity index (χ2n) is 6.10. The van der Waals surface area contributed by atoms with Crippen LogP contribution in [0.4, 0.5) is 4.79 Å². The van der Waals surface area contributed by atoms with Crippen molar-refractivity contribution >= 4 is 6.09 Å². The average Bonchev–Trinajstić information content (AvgIpc) is 2.85. The Morgan fingerprint density at radius 2 is 2.15 bits per heavy atom. The molecule has 1 aliphatic heterocycles. The van der Waals surface area contributed by atoms with E-state index in [0.29, 0.717) is 31.4 Å². The molecule has 2 N–H and O–H groups in total. The SMILES string of the molecule is CC(C)(C)OC(=O)N1CCC(c2cnc(CN)o2)CC1. The first-order valence-corrected chi connectivity index (χ1v) is 7.01. The summed E-state index contributed by atoms with van der Waals surface area (Å²) in [5, 5.41) is 0. The average molecular weight is 281 g/mol. The lowest BCUT2D eigenvalue weighted by molar-refractivity contribution is 0.0200. The number of ether oxygens (including phenoxy) is 1. The van der Waals surface area contributed by atoms with Crippen molar-refractivity contribution in [1.82, 2.24) is 9.88 Å². The molecule has 1 fully saturated rings. The third-order valence-corrected chi connectivity index (χ3v) is 3.30. The Balaban J connectivity index is 1.87.